The lowest BCUT2D eigenvalue weighted by Gasteiger charge is -2.26. The van der Waals surface area contributed by atoms with Crippen molar-refractivity contribution < 1.29 is 9.84 Å². The van der Waals surface area contributed by atoms with E-state index in [9.17, 15) is 5.11 Å². The maximum absolute atomic E-state index is 9.99. The summed E-state index contributed by atoms with van der Waals surface area (Å²) >= 11 is 0. The lowest BCUT2D eigenvalue weighted by Crippen LogP contribution is -2.37. The van der Waals surface area contributed by atoms with Crippen LogP contribution in [0.3, 0.4) is 0 Å². The van der Waals surface area contributed by atoms with E-state index >= 15 is 0 Å². The van der Waals surface area contributed by atoms with Crippen molar-refractivity contribution in [1.29, 1.82) is 0 Å². The van der Waals surface area contributed by atoms with Gasteiger partial charge in [0.15, 0.2) is 0 Å². The second-order valence-corrected chi connectivity index (χ2v) is 5.02. The van der Waals surface area contributed by atoms with Crippen molar-refractivity contribution >= 4 is 0 Å². The highest BCUT2D eigenvalue weighted by Gasteiger charge is 2.22. The molecule has 0 aromatic rings. The van der Waals surface area contributed by atoms with Crippen LogP contribution in [0.25, 0.3) is 0 Å². The minimum absolute atomic E-state index is 0.354. The third-order valence-corrected chi connectivity index (χ3v) is 3.73. The first-order valence-electron chi connectivity index (χ1n) is 6.74. The number of aliphatic hydroxyl groups is 1. The fraction of sp³-hybridized carbons (Fsp3) is 1.00. The third kappa shape index (κ3) is 4.81. The standard InChI is InChI=1S/C13H27NO2/c1-2-13(15,11-14)9-6-10-16-12-7-4-3-5-8-12/h12,15H,2-11,14H2,1H3. The van der Waals surface area contributed by atoms with Crippen LogP contribution in [0.5, 0.6) is 0 Å². The topological polar surface area (TPSA) is 55.5 Å². The normalized spacial score (nSPS) is 21.9. The zero-order valence-corrected chi connectivity index (χ0v) is 10.6. The molecule has 0 heterocycles. The smallest absolute Gasteiger partial charge is 0.0767 e. The molecule has 0 aromatic heterocycles. The van der Waals surface area contributed by atoms with Crippen molar-refractivity contribution in [2.24, 2.45) is 5.73 Å². The van der Waals surface area contributed by atoms with E-state index in [1.165, 1.54) is 32.1 Å². The molecule has 0 aromatic carbocycles. The molecule has 0 spiro atoms. The monoisotopic (exact) mass is 229 g/mol. The summed E-state index contributed by atoms with van der Waals surface area (Å²) in [5.74, 6) is 0. The van der Waals surface area contributed by atoms with Gasteiger partial charge in [0.05, 0.1) is 11.7 Å². The van der Waals surface area contributed by atoms with Crippen LogP contribution in [-0.2, 0) is 4.74 Å². The molecule has 0 saturated heterocycles. The van der Waals surface area contributed by atoms with Crippen molar-refractivity contribution in [2.75, 3.05) is 13.2 Å². The summed E-state index contributed by atoms with van der Waals surface area (Å²) < 4.78 is 5.82. The summed E-state index contributed by atoms with van der Waals surface area (Å²) in [6, 6.07) is 0. The van der Waals surface area contributed by atoms with Crippen molar-refractivity contribution in [3.05, 3.63) is 0 Å². The van der Waals surface area contributed by atoms with Gasteiger partial charge in [-0.15, -0.1) is 0 Å². The van der Waals surface area contributed by atoms with Crippen LogP contribution in [-0.4, -0.2) is 30.0 Å². The molecular formula is C13H27NO2. The number of hydrogen-bond donors (Lipinski definition) is 2. The summed E-state index contributed by atoms with van der Waals surface area (Å²) in [4.78, 5) is 0. The van der Waals surface area contributed by atoms with E-state index < -0.39 is 5.60 Å². The number of nitrogens with two attached hydrogens (primary N) is 1. The molecule has 16 heavy (non-hydrogen) atoms. The fourth-order valence-corrected chi connectivity index (χ4v) is 2.31. The average Bonchev–Trinajstić information content (AvgIpc) is 2.36. The van der Waals surface area contributed by atoms with Crippen molar-refractivity contribution in [3.63, 3.8) is 0 Å². The molecule has 0 aliphatic heterocycles. The summed E-state index contributed by atoms with van der Waals surface area (Å²) in [7, 11) is 0. The van der Waals surface area contributed by atoms with Gasteiger partial charge in [-0.25, -0.2) is 0 Å². The Morgan fingerprint density at radius 1 is 1.31 bits per heavy atom. The molecule has 3 heteroatoms. The molecule has 3 N–H and O–H groups in total. The summed E-state index contributed by atoms with van der Waals surface area (Å²) in [6.07, 6.45) is 9.30. The van der Waals surface area contributed by atoms with E-state index in [1.807, 2.05) is 6.92 Å². The Morgan fingerprint density at radius 2 is 2.00 bits per heavy atom. The minimum atomic E-state index is -0.671. The van der Waals surface area contributed by atoms with Gasteiger partial charge in [0.25, 0.3) is 0 Å². The molecule has 1 unspecified atom stereocenters. The average molecular weight is 229 g/mol. The van der Waals surface area contributed by atoms with Gasteiger partial charge in [-0.2, -0.15) is 0 Å². The van der Waals surface area contributed by atoms with Crippen molar-refractivity contribution in [1.82, 2.24) is 0 Å². The lowest BCUT2D eigenvalue weighted by molar-refractivity contribution is -0.000739. The Bertz CT molecular complexity index is 175. The summed E-state index contributed by atoms with van der Waals surface area (Å²) in [6.45, 7) is 3.11. The van der Waals surface area contributed by atoms with Crippen LogP contribution >= 0.6 is 0 Å². The van der Waals surface area contributed by atoms with Gasteiger partial charge in [-0.1, -0.05) is 26.2 Å². The van der Waals surface area contributed by atoms with E-state index in [1.54, 1.807) is 0 Å². The molecule has 1 aliphatic carbocycles. The van der Waals surface area contributed by atoms with Gasteiger partial charge in [0.1, 0.15) is 0 Å². The van der Waals surface area contributed by atoms with Crippen LogP contribution in [0.15, 0.2) is 0 Å². The molecule has 1 atom stereocenters. The molecule has 1 fully saturated rings. The van der Waals surface area contributed by atoms with Crippen LogP contribution < -0.4 is 5.73 Å². The first-order chi connectivity index (χ1) is 7.70. The van der Waals surface area contributed by atoms with Crippen LogP contribution in [0.2, 0.25) is 0 Å². The Hall–Kier alpha value is -0.120. The summed E-state index contributed by atoms with van der Waals surface area (Å²) in [5.41, 5.74) is 4.88. The van der Waals surface area contributed by atoms with Crippen molar-refractivity contribution in [3.8, 4) is 0 Å². The van der Waals surface area contributed by atoms with E-state index in [0.29, 0.717) is 12.6 Å². The molecule has 0 bridgehead atoms. The molecule has 0 amide bonds. The first-order valence-corrected chi connectivity index (χ1v) is 6.74. The van der Waals surface area contributed by atoms with Crippen LogP contribution in [0, 0.1) is 0 Å². The van der Waals surface area contributed by atoms with E-state index in [-0.39, 0.29) is 0 Å². The molecule has 96 valence electrons. The van der Waals surface area contributed by atoms with Gasteiger partial charge in [-0.05, 0) is 32.1 Å². The molecule has 1 aliphatic rings. The zero-order valence-electron chi connectivity index (χ0n) is 10.6. The van der Waals surface area contributed by atoms with E-state index in [0.717, 1.165) is 25.9 Å². The highest BCUT2D eigenvalue weighted by molar-refractivity contribution is 4.77. The lowest BCUT2D eigenvalue weighted by atomic mass is 9.95. The van der Waals surface area contributed by atoms with Gasteiger partial charge in [-0.3, -0.25) is 0 Å². The number of rotatable bonds is 7. The van der Waals surface area contributed by atoms with Gasteiger partial charge >= 0.3 is 0 Å². The predicted molar refractivity (Wildman–Crippen MR) is 66.4 cm³/mol. The Kier molecular flexibility index (Phi) is 6.32. The molecular weight excluding hydrogens is 202 g/mol. The molecule has 1 saturated carbocycles. The molecule has 3 nitrogen and oxygen atoms in total. The molecule has 1 rings (SSSR count). The highest BCUT2D eigenvalue weighted by atomic mass is 16.5. The van der Waals surface area contributed by atoms with E-state index in [4.69, 9.17) is 10.5 Å². The van der Waals surface area contributed by atoms with E-state index in [2.05, 4.69) is 0 Å². The predicted octanol–water partition coefficient (Wildman–Crippen LogP) is 2.22. The molecule has 0 radical (unpaired) electrons. The number of hydrogen-bond acceptors (Lipinski definition) is 3. The Morgan fingerprint density at radius 3 is 2.56 bits per heavy atom. The summed E-state index contributed by atoms with van der Waals surface area (Å²) in [5, 5.41) is 9.99. The second-order valence-electron chi connectivity index (χ2n) is 5.02. The maximum Gasteiger partial charge on any atom is 0.0767 e. The zero-order chi connectivity index (χ0) is 11.9. The van der Waals surface area contributed by atoms with Gasteiger partial charge in [0, 0.05) is 13.2 Å². The van der Waals surface area contributed by atoms with Crippen LogP contribution in [0.1, 0.15) is 58.3 Å². The van der Waals surface area contributed by atoms with Gasteiger partial charge < -0.3 is 15.6 Å². The first kappa shape index (κ1) is 13.9. The largest absolute Gasteiger partial charge is 0.389 e. The Balaban J connectivity index is 2.06. The quantitative estimate of drug-likeness (QED) is 0.658. The SMILES string of the molecule is CCC(O)(CN)CCCOC1CCCCC1. The second kappa shape index (κ2) is 7.25. The minimum Gasteiger partial charge on any atom is -0.389 e. The van der Waals surface area contributed by atoms with Crippen molar-refractivity contribution in [2.45, 2.75) is 70.0 Å². The number of ether oxygens (including phenoxy) is 1. The van der Waals surface area contributed by atoms with Crippen LogP contribution in [0.4, 0.5) is 0 Å². The third-order valence-electron chi connectivity index (χ3n) is 3.73. The highest BCUT2D eigenvalue weighted by Crippen LogP contribution is 2.21. The maximum atomic E-state index is 9.99. The Labute approximate surface area is 99.4 Å². The van der Waals surface area contributed by atoms with Gasteiger partial charge in [0.2, 0.25) is 0 Å². The fourth-order valence-electron chi connectivity index (χ4n) is 2.31.